The molecule has 0 fully saturated rings. The Hall–Kier alpha value is -2.51. The summed E-state index contributed by atoms with van der Waals surface area (Å²) in [6, 6.07) is 14.8. The molecule has 1 heterocycles. The maximum absolute atomic E-state index is 12.4. The van der Waals surface area contributed by atoms with Gasteiger partial charge in [0, 0.05) is 16.6 Å². The molecular formula is C19H16BrN3O2S. The molecule has 0 aliphatic heterocycles. The first-order valence-corrected chi connectivity index (χ1v) is 9.00. The van der Waals surface area contributed by atoms with Gasteiger partial charge >= 0.3 is 0 Å². The number of halogens is 1. The number of hydrogen-bond acceptors (Lipinski definition) is 4. The molecule has 0 radical (unpaired) electrons. The maximum atomic E-state index is 12.4. The van der Waals surface area contributed by atoms with Crippen molar-refractivity contribution in [3.63, 3.8) is 0 Å². The molecule has 132 valence electrons. The number of methoxy groups -OCH3 is 1. The Morgan fingerprint density at radius 3 is 2.73 bits per heavy atom. The molecule has 3 aromatic rings. The molecule has 0 saturated heterocycles. The summed E-state index contributed by atoms with van der Waals surface area (Å²) in [5.74, 6) is 0.342. The normalized spacial score (nSPS) is 10.4. The molecule has 0 spiro atoms. The van der Waals surface area contributed by atoms with Gasteiger partial charge < -0.3 is 10.1 Å². The summed E-state index contributed by atoms with van der Waals surface area (Å²) in [4.78, 5) is 16.9. The lowest BCUT2D eigenvalue weighted by Crippen LogP contribution is -2.34. The van der Waals surface area contributed by atoms with E-state index in [2.05, 4.69) is 31.5 Å². The molecule has 26 heavy (non-hydrogen) atoms. The number of nitrogens with one attached hydrogen (secondary N) is 2. The van der Waals surface area contributed by atoms with Crippen LogP contribution in [0.2, 0.25) is 0 Å². The van der Waals surface area contributed by atoms with Gasteiger partial charge in [-0.25, -0.2) is 0 Å². The van der Waals surface area contributed by atoms with E-state index in [4.69, 9.17) is 17.0 Å². The number of fused-ring (bicyclic) bond motifs is 1. The lowest BCUT2D eigenvalue weighted by Gasteiger charge is -2.12. The number of para-hydroxylation sites is 1. The van der Waals surface area contributed by atoms with Crippen LogP contribution in [-0.2, 0) is 0 Å². The fourth-order valence-corrected chi connectivity index (χ4v) is 3.23. The highest BCUT2D eigenvalue weighted by molar-refractivity contribution is 9.10. The second-order valence-electron chi connectivity index (χ2n) is 5.59. The fraction of sp³-hybridized carbons (Fsp3) is 0.105. The molecule has 0 saturated carbocycles. The predicted octanol–water partition coefficient (Wildman–Crippen LogP) is 4.44. The van der Waals surface area contributed by atoms with Crippen LogP contribution >= 0.6 is 28.1 Å². The lowest BCUT2D eigenvalue weighted by molar-refractivity contribution is 0.0977. The summed E-state index contributed by atoms with van der Waals surface area (Å²) in [6.07, 6.45) is 0. The number of thiocarbonyl (C=S) groups is 1. The van der Waals surface area contributed by atoms with Gasteiger partial charge in [-0.05, 0) is 65.4 Å². The van der Waals surface area contributed by atoms with Gasteiger partial charge in [-0.1, -0.05) is 18.2 Å². The molecule has 2 N–H and O–H groups in total. The van der Waals surface area contributed by atoms with E-state index in [1.165, 1.54) is 0 Å². The van der Waals surface area contributed by atoms with E-state index in [1.807, 2.05) is 37.3 Å². The van der Waals surface area contributed by atoms with Crippen LogP contribution in [-0.4, -0.2) is 23.1 Å². The molecule has 1 amide bonds. The minimum atomic E-state index is -0.310. The minimum Gasteiger partial charge on any atom is -0.496 e. The average molecular weight is 430 g/mol. The van der Waals surface area contributed by atoms with Crippen LogP contribution in [0.5, 0.6) is 5.75 Å². The van der Waals surface area contributed by atoms with Gasteiger partial charge in [-0.15, -0.1) is 0 Å². The number of benzene rings is 2. The first-order valence-electron chi connectivity index (χ1n) is 7.80. The van der Waals surface area contributed by atoms with Crippen molar-refractivity contribution >= 4 is 55.8 Å². The molecular weight excluding hydrogens is 414 g/mol. The third kappa shape index (κ3) is 4.00. The Morgan fingerprint density at radius 2 is 2.00 bits per heavy atom. The number of ether oxygens (including phenoxy) is 1. The van der Waals surface area contributed by atoms with Crippen LogP contribution in [0.1, 0.15) is 16.1 Å². The van der Waals surface area contributed by atoms with Crippen molar-refractivity contribution in [3.8, 4) is 5.75 Å². The zero-order valence-electron chi connectivity index (χ0n) is 14.2. The number of rotatable bonds is 3. The second kappa shape index (κ2) is 7.80. The Balaban J connectivity index is 1.76. The van der Waals surface area contributed by atoms with Gasteiger partial charge in [-0.2, -0.15) is 0 Å². The van der Waals surface area contributed by atoms with Gasteiger partial charge in [0.15, 0.2) is 5.11 Å². The summed E-state index contributed by atoms with van der Waals surface area (Å²) < 4.78 is 5.86. The molecule has 0 unspecified atom stereocenters. The Bertz CT molecular complexity index is 1010. The van der Waals surface area contributed by atoms with Crippen molar-refractivity contribution in [1.29, 1.82) is 0 Å². The SMILES string of the molecule is COc1ccc(C(=O)NC(=S)Nc2cccc3ccc(C)nc23)cc1Br. The van der Waals surface area contributed by atoms with Gasteiger partial charge in [0.1, 0.15) is 5.75 Å². The quantitative estimate of drug-likeness (QED) is 0.602. The van der Waals surface area contributed by atoms with Gasteiger partial charge in [0.2, 0.25) is 0 Å². The van der Waals surface area contributed by atoms with E-state index in [9.17, 15) is 4.79 Å². The van der Waals surface area contributed by atoms with Gasteiger partial charge in [-0.3, -0.25) is 15.1 Å². The molecule has 0 atom stereocenters. The number of hydrogen-bond donors (Lipinski definition) is 2. The van der Waals surface area contributed by atoms with E-state index >= 15 is 0 Å². The Kier molecular flexibility index (Phi) is 5.49. The average Bonchev–Trinajstić information content (AvgIpc) is 2.62. The predicted molar refractivity (Wildman–Crippen MR) is 111 cm³/mol. The van der Waals surface area contributed by atoms with Crippen molar-refractivity contribution in [2.75, 3.05) is 12.4 Å². The van der Waals surface area contributed by atoms with Crippen LogP contribution in [0.15, 0.2) is 53.0 Å². The topological polar surface area (TPSA) is 63.2 Å². The van der Waals surface area contributed by atoms with E-state index in [1.54, 1.807) is 25.3 Å². The fourth-order valence-electron chi connectivity index (χ4n) is 2.48. The number of anilines is 1. The van der Waals surface area contributed by atoms with Crippen LogP contribution < -0.4 is 15.4 Å². The largest absolute Gasteiger partial charge is 0.496 e. The van der Waals surface area contributed by atoms with Crippen molar-refractivity contribution in [3.05, 3.63) is 64.3 Å². The number of nitrogens with zero attached hydrogens (tertiary/aromatic N) is 1. The maximum Gasteiger partial charge on any atom is 0.257 e. The molecule has 7 heteroatoms. The van der Waals surface area contributed by atoms with Crippen LogP contribution in [0, 0.1) is 6.92 Å². The standard InChI is InChI=1S/C19H16BrN3O2S/c1-11-6-7-12-4-3-5-15(17(12)21-11)22-19(26)23-18(24)13-8-9-16(25-2)14(20)10-13/h3-10H,1-2H3,(H2,22,23,24,26). The Morgan fingerprint density at radius 1 is 1.19 bits per heavy atom. The smallest absolute Gasteiger partial charge is 0.257 e. The minimum absolute atomic E-state index is 0.206. The van der Waals surface area contributed by atoms with Crippen LogP contribution in [0.25, 0.3) is 10.9 Å². The number of amides is 1. The molecule has 0 bridgehead atoms. The number of pyridine rings is 1. The highest BCUT2D eigenvalue weighted by atomic mass is 79.9. The Labute approximate surface area is 164 Å². The monoisotopic (exact) mass is 429 g/mol. The molecule has 2 aromatic carbocycles. The van der Waals surface area contributed by atoms with Crippen molar-refractivity contribution in [1.82, 2.24) is 10.3 Å². The first-order chi connectivity index (χ1) is 12.5. The number of carbonyl (C=O) groups excluding carboxylic acids is 1. The van der Waals surface area contributed by atoms with E-state index in [0.29, 0.717) is 15.8 Å². The van der Waals surface area contributed by atoms with E-state index in [0.717, 1.165) is 22.3 Å². The van der Waals surface area contributed by atoms with Crippen molar-refractivity contribution in [2.24, 2.45) is 0 Å². The first kappa shape index (κ1) is 18.3. The highest BCUT2D eigenvalue weighted by Crippen LogP contribution is 2.25. The summed E-state index contributed by atoms with van der Waals surface area (Å²) in [5.41, 5.74) is 2.92. The van der Waals surface area contributed by atoms with E-state index < -0.39 is 0 Å². The van der Waals surface area contributed by atoms with Crippen molar-refractivity contribution < 1.29 is 9.53 Å². The number of aromatic nitrogens is 1. The third-order valence-corrected chi connectivity index (χ3v) is 4.57. The summed E-state index contributed by atoms with van der Waals surface area (Å²) in [5, 5.41) is 6.93. The second-order valence-corrected chi connectivity index (χ2v) is 6.85. The summed E-state index contributed by atoms with van der Waals surface area (Å²) >= 11 is 8.65. The summed E-state index contributed by atoms with van der Waals surface area (Å²) in [6.45, 7) is 1.93. The zero-order chi connectivity index (χ0) is 18.7. The molecule has 5 nitrogen and oxygen atoms in total. The zero-order valence-corrected chi connectivity index (χ0v) is 16.6. The molecule has 0 aliphatic rings. The number of carbonyl (C=O) groups is 1. The van der Waals surface area contributed by atoms with Crippen LogP contribution in [0.4, 0.5) is 5.69 Å². The highest BCUT2D eigenvalue weighted by Gasteiger charge is 2.12. The molecule has 0 aliphatic carbocycles. The molecule has 1 aromatic heterocycles. The summed E-state index contributed by atoms with van der Waals surface area (Å²) in [7, 11) is 1.57. The third-order valence-electron chi connectivity index (χ3n) is 3.75. The van der Waals surface area contributed by atoms with E-state index in [-0.39, 0.29) is 11.0 Å². The van der Waals surface area contributed by atoms with Gasteiger partial charge in [0.25, 0.3) is 5.91 Å². The van der Waals surface area contributed by atoms with Crippen molar-refractivity contribution in [2.45, 2.75) is 6.92 Å². The molecule has 3 rings (SSSR count). The van der Waals surface area contributed by atoms with Crippen LogP contribution in [0.3, 0.4) is 0 Å². The lowest BCUT2D eigenvalue weighted by atomic mass is 10.2. The number of aryl methyl sites for hydroxylation is 1. The van der Waals surface area contributed by atoms with Gasteiger partial charge in [0.05, 0.1) is 22.8 Å².